The van der Waals surface area contributed by atoms with Gasteiger partial charge in [0.2, 0.25) is 11.7 Å². The minimum Gasteiger partial charge on any atom is -0.504 e. The molecule has 6 rings (SSSR count). The van der Waals surface area contributed by atoms with Gasteiger partial charge in [0, 0.05) is 26.2 Å². The maximum Gasteiger partial charge on any atom is 0.416 e. The van der Waals surface area contributed by atoms with E-state index < -0.39 is 29.1 Å². The van der Waals surface area contributed by atoms with Crippen molar-refractivity contribution in [3.63, 3.8) is 0 Å². The molecule has 0 saturated carbocycles. The summed E-state index contributed by atoms with van der Waals surface area (Å²) in [5.41, 5.74) is -0.0719. The number of anilines is 2. The van der Waals surface area contributed by atoms with Crippen molar-refractivity contribution in [2.75, 3.05) is 49.6 Å². The lowest BCUT2D eigenvalue weighted by Crippen LogP contribution is -2.51. The second-order valence-corrected chi connectivity index (χ2v) is 11.4. The number of hydrogen-bond donors (Lipinski definition) is 2. The van der Waals surface area contributed by atoms with Crippen LogP contribution in [0.3, 0.4) is 0 Å². The van der Waals surface area contributed by atoms with E-state index >= 15 is 0 Å². The maximum atomic E-state index is 14.1. The second-order valence-electron chi connectivity index (χ2n) is 11.0. The van der Waals surface area contributed by atoms with Gasteiger partial charge in [0.1, 0.15) is 18.6 Å². The molecule has 14 nitrogen and oxygen atoms in total. The molecule has 3 aromatic heterocycles. The molecule has 2 aliphatic rings. The average molecular weight is 688 g/mol. The molecule has 5 heterocycles. The molecule has 0 radical (unpaired) electrons. The first-order valence-electron chi connectivity index (χ1n) is 15.0. The number of rotatable bonds is 7. The molecule has 0 aliphatic carbocycles. The predicted molar refractivity (Wildman–Crippen MR) is 167 cm³/mol. The topological polar surface area (TPSA) is 160 Å². The van der Waals surface area contributed by atoms with Gasteiger partial charge in [-0.2, -0.15) is 22.7 Å². The van der Waals surface area contributed by atoms with Crippen molar-refractivity contribution in [2.24, 2.45) is 0 Å². The number of nitrogens with one attached hydrogen (secondary N) is 1. The molecule has 1 fully saturated rings. The van der Waals surface area contributed by atoms with Crippen molar-refractivity contribution in [2.45, 2.75) is 32.5 Å². The predicted octanol–water partition coefficient (Wildman–Crippen LogP) is 3.03. The molecule has 18 heteroatoms. The number of nitrogens with zero attached hydrogens (tertiary/aromatic N) is 8. The third kappa shape index (κ3) is 6.42. The van der Waals surface area contributed by atoms with E-state index in [-0.39, 0.29) is 66.3 Å². The van der Waals surface area contributed by atoms with Crippen molar-refractivity contribution in [3.8, 4) is 5.75 Å². The Balaban J connectivity index is 1.35. The smallest absolute Gasteiger partial charge is 0.416 e. The summed E-state index contributed by atoms with van der Waals surface area (Å²) < 4.78 is 47.6. The first-order valence-corrected chi connectivity index (χ1v) is 15.3. The highest BCUT2D eigenvalue weighted by Gasteiger charge is 2.32. The van der Waals surface area contributed by atoms with Crippen molar-refractivity contribution < 1.29 is 32.6 Å². The molecule has 0 unspecified atom stereocenters. The van der Waals surface area contributed by atoms with E-state index in [0.717, 1.165) is 34.5 Å². The van der Waals surface area contributed by atoms with Crippen LogP contribution in [0.4, 0.5) is 24.5 Å². The molecular formula is C30H29ClF3N9O5. The normalized spacial score (nSPS) is 15.5. The van der Waals surface area contributed by atoms with E-state index in [1.54, 1.807) is 9.47 Å². The number of carbonyl (C=O) groups excluding carboxylic acids is 2. The number of amides is 2. The van der Waals surface area contributed by atoms with Gasteiger partial charge in [-0.15, -0.1) is 5.10 Å². The number of aromatic nitrogens is 6. The molecule has 1 saturated heterocycles. The van der Waals surface area contributed by atoms with E-state index in [1.165, 1.54) is 11.2 Å². The van der Waals surface area contributed by atoms with Gasteiger partial charge in [0.15, 0.2) is 17.3 Å². The molecule has 2 amide bonds. The number of aromatic hydroxyl groups is 1. The third-order valence-corrected chi connectivity index (χ3v) is 8.37. The molecule has 48 heavy (non-hydrogen) atoms. The van der Waals surface area contributed by atoms with Crippen LogP contribution in [0, 0.1) is 0 Å². The molecule has 2 N–H and O–H groups in total. The molecule has 4 aromatic rings. The van der Waals surface area contributed by atoms with Gasteiger partial charge in [0.05, 0.1) is 41.4 Å². The zero-order valence-electron chi connectivity index (χ0n) is 25.5. The number of piperazine rings is 1. The molecule has 1 aromatic carbocycles. The Morgan fingerprint density at radius 2 is 1.94 bits per heavy atom. The zero-order valence-corrected chi connectivity index (χ0v) is 26.3. The van der Waals surface area contributed by atoms with Crippen LogP contribution in [-0.2, 0) is 28.7 Å². The van der Waals surface area contributed by atoms with Gasteiger partial charge >= 0.3 is 6.18 Å². The first kappa shape index (κ1) is 32.9. The number of carbonyl (C=O) groups is 2. The summed E-state index contributed by atoms with van der Waals surface area (Å²) in [6.07, 6.45) is 0.317. The van der Waals surface area contributed by atoms with Crippen LogP contribution in [0.1, 0.15) is 40.9 Å². The first-order chi connectivity index (χ1) is 23.0. The summed E-state index contributed by atoms with van der Waals surface area (Å²) in [5.74, 6) is -1.05. The zero-order chi connectivity index (χ0) is 34.2. The number of fused-ring (bicyclic) bond motifs is 1. The van der Waals surface area contributed by atoms with Gasteiger partial charge in [0.25, 0.3) is 11.5 Å². The summed E-state index contributed by atoms with van der Waals surface area (Å²) in [4.78, 5) is 56.1. The van der Waals surface area contributed by atoms with E-state index in [2.05, 4.69) is 25.4 Å². The fourth-order valence-corrected chi connectivity index (χ4v) is 5.92. The van der Waals surface area contributed by atoms with Crippen molar-refractivity contribution in [1.29, 1.82) is 0 Å². The summed E-state index contributed by atoms with van der Waals surface area (Å²) in [6, 6.07) is 2.62. The van der Waals surface area contributed by atoms with Crippen molar-refractivity contribution in [1.82, 2.24) is 34.0 Å². The van der Waals surface area contributed by atoms with Crippen molar-refractivity contribution in [3.05, 3.63) is 75.0 Å². The Hall–Kier alpha value is -5.03. The summed E-state index contributed by atoms with van der Waals surface area (Å²) >= 11 is 6.09. The Morgan fingerprint density at radius 3 is 2.58 bits per heavy atom. The number of hydrogen-bond acceptors (Lipinski definition) is 10. The molecule has 0 bridgehead atoms. The number of alkyl halides is 3. The minimum atomic E-state index is -4.61. The highest BCUT2D eigenvalue weighted by atomic mass is 35.5. The average Bonchev–Trinajstić information content (AvgIpc) is 3.53. The number of halogens is 4. The Morgan fingerprint density at radius 1 is 1.17 bits per heavy atom. The summed E-state index contributed by atoms with van der Waals surface area (Å²) in [6.45, 7) is 3.12. The second kappa shape index (κ2) is 13.2. The van der Waals surface area contributed by atoms with E-state index in [9.17, 15) is 32.7 Å². The summed E-state index contributed by atoms with van der Waals surface area (Å²) in [5, 5.41) is 16.8. The highest BCUT2D eigenvalue weighted by molar-refractivity contribution is 6.33. The molecule has 0 atom stereocenters. The van der Waals surface area contributed by atoms with E-state index in [1.807, 2.05) is 13.0 Å². The number of benzene rings is 1. The summed E-state index contributed by atoms with van der Waals surface area (Å²) in [7, 11) is 0. The lowest BCUT2D eigenvalue weighted by atomic mass is 10.1. The lowest BCUT2D eigenvalue weighted by Gasteiger charge is -2.36. The van der Waals surface area contributed by atoms with Crippen LogP contribution in [0.15, 0.2) is 41.6 Å². The minimum absolute atomic E-state index is 0.0185. The quantitative estimate of drug-likeness (QED) is 0.296. The van der Waals surface area contributed by atoms with E-state index in [0.29, 0.717) is 37.6 Å². The molecule has 252 valence electrons. The van der Waals surface area contributed by atoms with Crippen LogP contribution in [0.5, 0.6) is 5.75 Å². The van der Waals surface area contributed by atoms with Gasteiger partial charge in [-0.25, -0.2) is 9.97 Å². The van der Waals surface area contributed by atoms with Crippen LogP contribution in [0.25, 0.3) is 11.4 Å². The molecular weight excluding hydrogens is 659 g/mol. The van der Waals surface area contributed by atoms with E-state index in [4.69, 9.17) is 16.3 Å². The highest BCUT2D eigenvalue weighted by Crippen LogP contribution is 2.34. The van der Waals surface area contributed by atoms with Crippen molar-refractivity contribution >= 4 is 46.1 Å². The third-order valence-electron chi connectivity index (χ3n) is 8.06. The Labute approximate surface area is 275 Å². The standard InChI is InChI=1S/C30H29ClF3N9O5/c1-2-21-25(40-7-9-41(10-8-40)27(46)24-22(44)14-35-16-36-24)28(47)43-29(38-26(39-43)17-5-11-48-12-6-17)42(21)15-23(45)37-20-4-3-18(13-19(20)31)30(32,33)34/h3-5,13-14,16,44H,2,6-12,15H2,1H3,(H,37,45). The van der Waals surface area contributed by atoms with Crippen LogP contribution in [-0.4, -0.2) is 90.3 Å². The monoisotopic (exact) mass is 687 g/mol. The number of ether oxygens (including phenoxy) is 1. The van der Waals surface area contributed by atoms with Gasteiger partial charge < -0.3 is 29.5 Å². The molecule has 0 spiro atoms. The van der Waals surface area contributed by atoms with Gasteiger partial charge in [-0.3, -0.25) is 14.4 Å². The maximum absolute atomic E-state index is 14.1. The van der Waals surface area contributed by atoms with Gasteiger partial charge in [-0.05, 0) is 36.6 Å². The Kier molecular flexibility index (Phi) is 9.07. The lowest BCUT2D eigenvalue weighted by molar-refractivity contribution is -0.137. The largest absolute Gasteiger partial charge is 0.504 e. The fraction of sp³-hybridized carbons (Fsp3) is 0.367. The van der Waals surface area contributed by atoms with Crippen LogP contribution < -0.4 is 15.8 Å². The van der Waals surface area contributed by atoms with Crippen LogP contribution in [0.2, 0.25) is 5.02 Å². The molecule has 2 aliphatic heterocycles. The van der Waals surface area contributed by atoms with Gasteiger partial charge in [-0.1, -0.05) is 24.6 Å². The SMILES string of the molecule is CCc1c(N2CCN(C(=O)c3ncncc3O)CC2)c(=O)n2nc(C3=CCOCC3)nc2n1CC(=O)Nc1ccc(C(F)(F)F)cc1Cl. The Bertz CT molecular complexity index is 1990. The van der Waals surface area contributed by atoms with Crippen LogP contribution >= 0.6 is 11.6 Å². The fourth-order valence-electron chi connectivity index (χ4n) is 5.69.